The van der Waals surface area contributed by atoms with E-state index in [1.165, 1.54) is 30.4 Å². The normalized spacial score (nSPS) is 16.0. The molecule has 0 radical (unpaired) electrons. The number of ether oxygens (including phenoxy) is 1. The van der Waals surface area contributed by atoms with Gasteiger partial charge in [0.05, 0.1) is 23.2 Å². The summed E-state index contributed by atoms with van der Waals surface area (Å²) >= 11 is 1.40. The lowest BCUT2D eigenvalue weighted by atomic mass is 10.2. The fourth-order valence-electron chi connectivity index (χ4n) is 2.25. The quantitative estimate of drug-likeness (QED) is 0.587. The highest BCUT2D eigenvalue weighted by Gasteiger charge is 2.21. The zero-order chi connectivity index (χ0) is 18.2. The minimum atomic E-state index is -0.286. The molecule has 136 valence electrons. The van der Waals surface area contributed by atoms with Crippen molar-refractivity contribution in [3.63, 3.8) is 0 Å². The van der Waals surface area contributed by atoms with Crippen molar-refractivity contribution in [1.29, 1.82) is 0 Å². The van der Waals surface area contributed by atoms with Gasteiger partial charge in [0.25, 0.3) is 0 Å². The van der Waals surface area contributed by atoms with Crippen molar-refractivity contribution >= 4 is 28.1 Å². The van der Waals surface area contributed by atoms with E-state index in [4.69, 9.17) is 10.5 Å². The number of hydrogen-bond donors (Lipinski definition) is 3. The number of carbonyl (C=O) groups is 1. The number of urea groups is 1. The lowest BCUT2D eigenvalue weighted by molar-refractivity contribution is 0.109. The number of allylic oxidation sites excluding steroid dienone is 4. The second-order valence-corrected chi connectivity index (χ2v) is 7.13. The number of nitrogens with zero attached hydrogens (tertiary/aromatic N) is 1. The first kappa shape index (κ1) is 19.2. The van der Waals surface area contributed by atoms with Gasteiger partial charge in [-0.1, -0.05) is 30.1 Å². The van der Waals surface area contributed by atoms with E-state index in [1.54, 1.807) is 12.2 Å². The third-order valence-corrected chi connectivity index (χ3v) is 4.77. The Kier molecular flexibility index (Phi) is 7.21. The van der Waals surface area contributed by atoms with E-state index < -0.39 is 0 Å². The average molecular weight is 362 g/mol. The minimum absolute atomic E-state index is 0.0596. The van der Waals surface area contributed by atoms with Crippen LogP contribution in [0.15, 0.2) is 31.0 Å². The molecule has 0 bridgehead atoms. The summed E-state index contributed by atoms with van der Waals surface area (Å²) in [6, 6.07) is -0.345. The number of rotatable bonds is 9. The second kappa shape index (κ2) is 9.39. The van der Waals surface area contributed by atoms with Gasteiger partial charge < -0.3 is 15.8 Å². The van der Waals surface area contributed by atoms with Gasteiger partial charge in [0.2, 0.25) is 0 Å². The molecule has 2 amide bonds. The van der Waals surface area contributed by atoms with E-state index in [0.717, 1.165) is 28.7 Å². The van der Waals surface area contributed by atoms with Crippen LogP contribution in [0.5, 0.6) is 0 Å². The summed E-state index contributed by atoms with van der Waals surface area (Å²) in [5, 5.41) is 6.17. The molecule has 1 fully saturated rings. The molecule has 1 aromatic heterocycles. The number of carbonyl (C=O) groups excluding carboxylic acids is 1. The van der Waals surface area contributed by atoms with E-state index in [0.29, 0.717) is 11.7 Å². The van der Waals surface area contributed by atoms with Gasteiger partial charge in [0, 0.05) is 6.61 Å². The lowest BCUT2D eigenvalue weighted by Gasteiger charge is -2.14. The SMILES string of the molecule is C=C/C=C(\C=C/N)c1sc(NC(=O)N[C@H](C)COCC2CC2)nc1C. The zero-order valence-electron chi connectivity index (χ0n) is 14.7. The van der Waals surface area contributed by atoms with Crippen LogP contribution in [-0.2, 0) is 4.74 Å². The summed E-state index contributed by atoms with van der Waals surface area (Å²) in [5.41, 5.74) is 7.22. The maximum Gasteiger partial charge on any atom is 0.321 e. The van der Waals surface area contributed by atoms with Crippen molar-refractivity contribution in [2.45, 2.75) is 32.7 Å². The fourth-order valence-corrected chi connectivity index (χ4v) is 3.22. The Labute approximate surface area is 152 Å². The molecule has 1 heterocycles. The van der Waals surface area contributed by atoms with Crippen LogP contribution < -0.4 is 16.4 Å². The van der Waals surface area contributed by atoms with Crippen LogP contribution in [0.25, 0.3) is 5.57 Å². The smallest absolute Gasteiger partial charge is 0.321 e. The van der Waals surface area contributed by atoms with Crippen molar-refractivity contribution in [3.8, 4) is 0 Å². The third-order valence-electron chi connectivity index (χ3n) is 3.65. The first-order chi connectivity index (χ1) is 12.0. The largest absolute Gasteiger partial charge is 0.405 e. The third kappa shape index (κ3) is 6.36. The highest BCUT2D eigenvalue weighted by atomic mass is 32.1. The van der Waals surface area contributed by atoms with Gasteiger partial charge in [-0.3, -0.25) is 5.32 Å². The van der Waals surface area contributed by atoms with E-state index >= 15 is 0 Å². The van der Waals surface area contributed by atoms with Gasteiger partial charge in [-0.15, -0.1) is 0 Å². The van der Waals surface area contributed by atoms with E-state index in [2.05, 4.69) is 22.2 Å². The Hall–Kier alpha value is -2.12. The van der Waals surface area contributed by atoms with Gasteiger partial charge in [0.15, 0.2) is 5.13 Å². The molecule has 1 saturated carbocycles. The predicted molar refractivity (Wildman–Crippen MR) is 104 cm³/mol. The number of aryl methyl sites for hydroxylation is 1. The van der Waals surface area contributed by atoms with Crippen molar-refractivity contribution in [3.05, 3.63) is 41.6 Å². The molecule has 0 aliphatic heterocycles. The number of nitrogens with two attached hydrogens (primary N) is 1. The fraction of sp³-hybridized carbons (Fsp3) is 0.444. The Morgan fingerprint density at radius 3 is 2.96 bits per heavy atom. The van der Waals surface area contributed by atoms with Crippen LogP contribution in [0.2, 0.25) is 0 Å². The summed E-state index contributed by atoms with van der Waals surface area (Å²) in [7, 11) is 0. The molecule has 1 atom stereocenters. The van der Waals surface area contributed by atoms with Gasteiger partial charge in [-0.05, 0) is 50.5 Å². The van der Waals surface area contributed by atoms with E-state index in [9.17, 15) is 4.79 Å². The summed E-state index contributed by atoms with van der Waals surface area (Å²) in [6.45, 7) is 8.82. The molecule has 0 aromatic carbocycles. The highest BCUT2D eigenvalue weighted by Crippen LogP contribution is 2.30. The Balaban J connectivity index is 1.88. The summed E-state index contributed by atoms with van der Waals surface area (Å²) in [4.78, 5) is 17.4. The Morgan fingerprint density at radius 1 is 1.56 bits per heavy atom. The lowest BCUT2D eigenvalue weighted by Crippen LogP contribution is -2.38. The van der Waals surface area contributed by atoms with Gasteiger partial charge >= 0.3 is 6.03 Å². The molecule has 0 saturated heterocycles. The van der Waals surface area contributed by atoms with E-state index in [1.807, 2.05) is 19.9 Å². The minimum Gasteiger partial charge on any atom is -0.405 e. The van der Waals surface area contributed by atoms with Crippen LogP contribution in [0.4, 0.5) is 9.93 Å². The number of aromatic nitrogens is 1. The molecule has 6 nitrogen and oxygen atoms in total. The van der Waals surface area contributed by atoms with Crippen LogP contribution in [0.1, 0.15) is 30.3 Å². The molecule has 0 unspecified atom stereocenters. The first-order valence-electron chi connectivity index (χ1n) is 8.37. The van der Waals surface area contributed by atoms with Crippen molar-refractivity contribution < 1.29 is 9.53 Å². The molecule has 7 heteroatoms. The second-order valence-electron chi connectivity index (χ2n) is 6.13. The van der Waals surface area contributed by atoms with Crippen molar-refractivity contribution in [2.24, 2.45) is 11.7 Å². The summed E-state index contributed by atoms with van der Waals surface area (Å²) in [6.07, 6.45) is 9.32. The summed E-state index contributed by atoms with van der Waals surface area (Å²) < 4.78 is 5.59. The van der Waals surface area contributed by atoms with Crippen molar-refractivity contribution in [1.82, 2.24) is 10.3 Å². The monoisotopic (exact) mass is 362 g/mol. The molecule has 1 aliphatic rings. The number of thiazole rings is 1. The molecular weight excluding hydrogens is 336 g/mol. The molecular formula is C18H26N4O2S. The highest BCUT2D eigenvalue weighted by molar-refractivity contribution is 7.17. The number of anilines is 1. The van der Waals surface area contributed by atoms with Gasteiger partial charge in [0.1, 0.15) is 0 Å². The average Bonchev–Trinajstić information content (AvgIpc) is 3.29. The Morgan fingerprint density at radius 2 is 2.32 bits per heavy atom. The molecule has 25 heavy (non-hydrogen) atoms. The predicted octanol–water partition coefficient (Wildman–Crippen LogP) is 3.43. The van der Waals surface area contributed by atoms with Crippen LogP contribution >= 0.6 is 11.3 Å². The van der Waals surface area contributed by atoms with Gasteiger partial charge in [-0.2, -0.15) is 0 Å². The summed E-state index contributed by atoms with van der Waals surface area (Å²) in [5.74, 6) is 0.720. The Bertz CT molecular complexity index is 662. The molecule has 0 spiro atoms. The van der Waals surface area contributed by atoms with Gasteiger partial charge in [-0.25, -0.2) is 9.78 Å². The topological polar surface area (TPSA) is 89.3 Å². The first-order valence-corrected chi connectivity index (χ1v) is 9.19. The number of hydrogen-bond acceptors (Lipinski definition) is 5. The standard InChI is InChI=1S/C18H26N4O2S/c1-4-5-15(8-9-19)16-13(3)21-18(25-16)22-17(23)20-12(2)10-24-11-14-6-7-14/h4-5,8-9,12,14H,1,6-7,10-11,19H2,2-3H3,(H2,20,21,22,23)/b9-8-,15-5+/t12-/m1/s1. The van der Waals surface area contributed by atoms with Crippen LogP contribution in [0.3, 0.4) is 0 Å². The molecule has 1 aliphatic carbocycles. The molecule has 1 aromatic rings. The van der Waals surface area contributed by atoms with E-state index in [-0.39, 0.29) is 12.1 Å². The maximum absolute atomic E-state index is 12.1. The van der Waals surface area contributed by atoms with Crippen LogP contribution in [-0.4, -0.2) is 30.3 Å². The number of amides is 2. The van der Waals surface area contributed by atoms with Crippen LogP contribution in [0, 0.1) is 12.8 Å². The zero-order valence-corrected chi connectivity index (χ0v) is 15.6. The molecule has 2 rings (SSSR count). The van der Waals surface area contributed by atoms with Crippen molar-refractivity contribution in [2.75, 3.05) is 18.5 Å². The maximum atomic E-state index is 12.1. The number of nitrogens with one attached hydrogen (secondary N) is 2. The molecule has 4 N–H and O–H groups in total.